The molecule has 1 saturated heterocycles. The molecule has 0 unspecified atom stereocenters. The van der Waals surface area contributed by atoms with Crippen LogP contribution in [0.3, 0.4) is 0 Å². The molecular weight excluding hydrogens is 263 g/mol. The van der Waals surface area contributed by atoms with Crippen LogP contribution in [-0.4, -0.2) is 35.7 Å². The quantitative estimate of drug-likeness (QED) is 0.886. The minimum atomic E-state index is -0.229. The van der Waals surface area contributed by atoms with Crippen molar-refractivity contribution in [1.29, 1.82) is 0 Å². The standard InChI is InChI=1S/C14H19FN2OS/c1-10(2)16-7-8-17-13(18)9-19-14(17)11-5-3-4-6-12(11)15/h3-6,10,14,16H,7-9H2,1-2H3/p+1/t14-/m1/s1. The predicted molar refractivity (Wildman–Crippen MR) is 75.2 cm³/mol. The van der Waals surface area contributed by atoms with Crippen molar-refractivity contribution in [3.05, 3.63) is 35.6 Å². The number of rotatable bonds is 5. The van der Waals surface area contributed by atoms with Gasteiger partial charge in [0.05, 0.1) is 24.9 Å². The van der Waals surface area contributed by atoms with Gasteiger partial charge < -0.3 is 10.2 Å². The summed E-state index contributed by atoms with van der Waals surface area (Å²) in [6, 6.07) is 7.23. The first-order chi connectivity index (χ1) is 9.09. The van der Waals surface area contributed by atoms with Crippen LogP contribution in [0.25, 0.3) is 0 Å². The second-order valence-electron chi connectivity index (χ2n) is 5.04. The van der Waals surface area contributed by atoms with Gasteiger partial charge in [-0.3, -0.25) is 4.79 Å². The van der Waals surface area contributed by atoms with E-state index in [4.69, 9.17) is 0 Å². The van der Waals surface area contributed by atoms with Crippen LogP contribution >= 0.6 is 11.8 Å². The second-order valence-corrected chi connectivity index (χ2v) is 6.11. The van der Waals surface area contributed by atoms with Crippen molar-refractivity contribution in [2.75, 3.05) is 18.8 Å². The van der Waals surface area contributed by atoms with Crippen LogP contribution in [0.1, 0.15) is 24.8 Å². The lowest BCUT2D eigenvalue weighted by molar-refractivity contribution is -0.682. The number of halogens is 1. The molecule has 1 atom stereocenters. The Morgan fingerprint density at radius 2 is 2.21 bits per heavy atom. The fourth-order valence-corrected chi connectivity index (χ4v) is 3.42. The Labute approximate surface area is 117 Å². The SMILES string of the molecule is CC(C)[NH2+]CCN1C(=O)CS[C@@H]1c1ccccc1F. The maximum Gasteiger partial charge on any atom is 0.234 e. The molecule has 0 aromatic heterocycles. The van der Waals surface area contributed by atoms with Crippen LogP contribution in [0.15, 0.2) is 24.3 Å². The van der Waals surface area contributed by atoms with E-state index in [2.05, 4.69) is 19.2 Å². The highest BCUT2D eigenvalue weighted by molar-refractivity contribution is 8.00. The van der Waals surface area contributed by atoms with Gasteiger partial charge in [0, 0.05) is 5.56 Å². The van der Waals surface area contributed by atoms with Crippen molar-refractivity contribution >= 4 is 17.7 Å². The van der Waals surface area contributed by atoms with Gasteiger partial charge >= 0.3 is 0 Å². The molecule has 1 amide bonds. The number of nitrogens with two attached hydrogens (primary N) is 1. The molecule has 3 nitrogen and oxygen atoms in total. The van der Waals surface area contributed by atoms with Gasteiger partial charge in [0.25, 0.3) is 0 Å². The van der Waals surface area contributed by atoms with Gasteiger partial charge in [0.2, 0.25) is 5.91 Å². The van der Waals surface area contributed by atoms with Gasteiger partial charge in [-0.25, -0.2) is 4.39 Å². The highest BCUT2D eigenvalue weighted by Crippen LogP contribution is 2.39. The third-order valence-corrected chi connectivity index (χ3v) is 4.39. The number of amides is 1. The van der Waals surface area contributed by atoms with E-state index in [1.807, 2.05) is 6.07 Å². The van der Waals surface area contributed by atoms with Crippen LogP contribution in [0, 0.1) is 5.82 Å². The molecule has 2 rings (SSSR count). The Kier molecular flexibility index (Phi) is 4.82. The normalized spacial score (nSPS) is 19.5. The summed E-state index contributed by atoms with van der Waals surface area (Å²) >= 11 is 1.51. The van der Waals surface area contributed by atoms with Gasteiger partial charge in [0.15, 0.2) is 0 Å². The average molecular weight is 283 g/mol. The van der Waals surface area contributed by atoms with Crippen molar-refractivity contribution < 1.29 is 14.5 Å². The number of quaternary nitrogens is 1. The van der Waals surface area contributed by atoms with E-state index in [1.54, 1.807) is 17.0 Å². The number of hydrogen-bond donors (Lipinski definition) is 1. The summed E-state index contributed by atoms with van der Waals surface area (Å²) in [6.45, 7) is 5.77. The van der Waals surface area contributed by atoms with Crippen LogP contribution < -0.4 is 5.32 Å². The van der Waals surface area contributed by atoms with Gasteiger partial charge in [-0.15, -0.1) is 11.8 Å². The average Bonchev–Trinajstić information content (AvgIpc) is 2.72. The summed E-state index contributed by atoms with van der Waals surface area (Å²) in [5.41, 5.74) is 0.614. The molecule has 0 radical (unpaired) electrons. The van der Waals surface area contributed by atoms with Crippen LogP contribution in [-0.2, 0) is 4.79 Å². The highest BCUT2D eigenvalue weighted by Gasteiger charge is 2.34. The number of carbonyl (C=O) groups excluding carboxylic acids is 1. The Bertz CT molecular complexity index is 453. The molecular formula is C14H20FN2OS+. The Hall–Kier alpha value is -1.07. The largest absolute Gasteiger partial charge is 0.343 e. The van der Waals surface area contributed by atoms with E-state index in [0.29, 0.717) is 23.9 Å². The summed E-state index contributed by atoms with van der Waals surface area (Å²) in [4.78, 5) is 13.7. The summed E-state index contributed by atoms with van der Waals surface area (Å²) in [6.07, 6.45) is 0. The van der Waals surface area contributed by atoms with Gasteiger partial charge in [-0.2, -0.15) is 0 Å². The highest BCUT2D eigenvalue weighted by atomic mass is 32.2. The van der Waals surface area contributed by atoms with Crippen molar-refractivity contribution in [3.8, 4) is 0 Å². The van der Waals surface area contributed by atoms with E-state index in [0.717, 1.165) is 6.54 Å². The maximum absolute atomic E-state index is 13.8. The van der Waals surface area contributed by atoms with E-state index >= 15 is 0 Å². The summed E-state index contributed by atoms with van der Waals surface area (Å²) < 4.78 is 13.8. The van der Waals surface area contributed by atoms with Gasteiger partial charge in [-0.1, -0.05) is 18.2 Å². The zero-order valence-corrected chi connectivity index (χ0v) is 12.1. The third-order valence-electron chi connectivity index (χ3n) is 3.15. The molecule has 0 saturated carbocycles. The topological polar surface area (TPSA) is 36.9 Å². The lowest BCUT2D eigenvalue weighted by atomic mass is 10.2. The first-order valence-corrected chi connectivity index (χ1v) is 7.63. The minimum absolute atomic E-state index is 0.107. The van der Waals surface area contributed by atoms with Crippen molar-refractivity contribution in [2.24, 2.45) is 0 Å². The third kappa shape index (κ3) is 3.48. The zero-order valence-electron chi connectivity index (χ0n) is 11.3. The zero-order chi connectivity index (χ0) is 13.8. The molecule has 0 spiro atoms. The first kappa shape index (κ1) is 14.3. The molecule has 1 heterocycles. The Morgan fingerprint density at radius 1 is 1.47 bits per heavy atom. The fourth-order valence-electron chi connectivity index (χ4n) is 2.18. The van der Waals surface area contributed by atoms with E-state index in [9.17, 15) is 9.18 Å². The molecule has 1 aliphatic rings. The van der Waals surface area contributed by atoms with Gasteiger partial charge in [0.1, 0.15) is 11.2 Å². The van der Waals surface area contributed by atoms with Crippen LogP contribution in [0.2, 0.25) is 0 Å². The van der Waals surface area contributed by atoms with Crippen molar-refractivity contribution in [3.63, 3.8) is 0 Å². The number of thioether (sulfide) groups is 1. The fraction of sp³-hybridized carbons (Fsp3) is 0.500. The van der Waals surface area contributed by atoms with E-state index in [-0.39, 0.29) is 17.1 Å². The number of hydrogen-bond acceptors (Lipinski definition) is 2. The van der Waals surface area contributed by atoms with Crippen LogP contribution in [0.4, 0.5) is 4.39 Å². The van der Waals surface area contributed by atoms with Crippen molar-refractivity contribution in [1.82, 2.24) is 4.90 Å². The lowest BCUT2D eigenvalue weighted by Crippen LogP contribution is -2.89. The summed E-state index contributed by atoms with van der Waals surface area (Å²) in [5.74, 6) is 0.323. The summed E-state index contributed by atoms with van der Waals surface area (Å²) in [7, 11) is 0. The monoisotopic (exact) mass is 283 g/mol. The molecule has 1 aliphatic heterocycles. The van der Waals surface area contributed by atoms with Crippen LogP contribution in [0.5, 0.6) is 0 Å². The van der Waals surface area contributed by atoms with E-state index < -0.39 is 0 Å². The number of benzene rings is 1. The lowest BCUT2D eigenvalue weighted by Gasteiger charge is -2.24. The molecule has 0 bridgehead atoms. The molecule has 19 heavy (non-hydrogen) atoms. The number of nitrogens with zero attached hydrogens (tertiary/aromatic N) is 1. The molecule has 5 heteroatoms. The molecule has 1 fully saturated rings. The Morgan fingerprint density at radius 3 is 2.89 bits per heavy atom. The van der Waals surface area contributed by atoms with Crippen molar-refractivity contribution in [2.45, 2.75) is 25.3 Å². The van der Waals surface area contributed by atoms with E-state index in [1.165, 1.54) is 17.8 Å². The first-order valence-electron chi connectivity index (χ1n) is 6.58. The molecule has 1 aromatic carbocycles. The van der Waals surface area contributed by atoms with Gasteiger partial charge in [-0.05, 0) is 19.9 Å². The smallest absolute Gasteiger partial charge is 0.234 e. The molecule has 1 aromatic rings. The molecule has 104 valence electrons. The predicted octanol–water partition coefficient (Wildman–Crippen LogP) is 1.37. The minimum Gasteiger partial charge on any atom is -0.343 e. The maximum atomic E-state index is 13.8. The molecule has 0 aliphatic carbocycles. The number of carbonyl (C=O) groups is 1. The summed E-state index contributed by atoms with van der Waals surface area (Å²) in [5, 5.41) is 2.02. The Balaban J connectivity index is 2.07. The molecule has 2 N–H and O–H groups in total. The second kappa shape index (κ2) is 6.39.